The number of hydrogen-bond acceptors (Lipinski definition) is 4. The van der Waals surface area contributed by atoms with Crippen LogP contribution in [0.15, 0.2) is 0 Å². The lowest BCUT2D eigenvalue weighted by Crippen LogP contribution is -2.74. The van der Waals surface area contributed by atoms with Crippen LogP contribution in [0.5, 0.6) is 0 Å². The summed E-state index contributed by atoms with van der Waals surface area (Å²) in [6.07, 6.45) is -0.574. The first kappa shape index (κ1) is 15.2. The van der Waals surface area contributed by atoms with Crippen molar-refractivity contribution in [2.45, 2.75) is 65.5 Å². The van der Waals surface area contributed by atoms with Gasteiger partial charge in [0.15, 0.2) is 0 Å². The second kappa shape index (κ2) is 4.99. The van der Waals surface area contributed by atoms with Gasteiger partial charge in [0, 0.05) is 32.2 Å². The van der Waals surface area contributed by atoms with Crippen LogP contribution in [0.2, 0.25) is 0 Å². The molecule has 2 aliphatic rings. The Morgan fingerprint density at radius 3 is 2.32 bits per heavy atom. The van der Waals surface area contributed by atoms with Crippen LogP contribution in [0, 0.1) is 5.41 Å². The van der Waals surface area contributed by atoms with Gasteiger partial charge in [-0.2, -0.15) is 0 Å². The van der Waals surface area contributed by atoms with Crippen LogP contribution in [0.1, 0.15) is 41.5 Å². The maximum Gasteiger partial charge on any atom is 0.133 e. The van der Waals surface area contributed by atoms with E-state index in [1.807, 2.05) is 6.92 Å². The fourth-order valence-electron chi connectivity index (χ4n) is 3.40. The van der Waals surface area contributed by atoms with Crippen molar-refractivity contribution in [1.29, 1.82) is 0 Å². The molecule has 2 rings (SSSR count). The van der Waals surface area contributed by atoms with E-state index in [9.17, 15) is 5.11 Å². The van der Waals surface area contributed by atoms with Crippen LogP contribution >= 0.6 is 0 Å². The molecule has 2 atom stereocenters. The lowest BCUT2D eigenvalue weighted by Gasteiger charge is -2.58. The zero-order valence-corrected chi connectivity index (χ0v) is 13.3. The molecule has 2 heterocycles. The third-order valence-electron chi connectivity index (χ3n) is 4.05. The molecule has 0 amide bonds. The first-order chi connectivity index (χ1) is 8.62. The van der Waals surface area contributed by atoms with Crippen molar-refractivity contribution in [2.75, 3.05) is 26.2 Å². The minimum Gasteiger partial charge on any atom is -0.376 e. The normalized spacial score (nSPS) is 32.8. The summed E-state index contributed by atoms with van der Waals surface area (Å²) in [5, 5.41) is 10.2. The van der Waals surface area contributed by atoms with E-state index in [-0.39, 0.29) is 11.7 Å². The topological polar surface area (TPSA) is 35.9 Å². The second-order valence-corrected chi connectivity index (χ2v) is 7.89. The van der Waals surface area contributed by atoms with Crippen LogP contribution in [0.4, 0.5) is 0 Å². The molecule has 4 heteroatoms. The monoisotopic (exact) mass is 270 g/mol. The molecule has 1 unspecified atom stereocenters. The maximum absolute atomic E-state index is 10.2. The molecule has 0 saturated carbocycles. The third kappa shape index (κ3) is 3.30. The van der Waals surface area contributed by atoms with Gasteiger partial charge in [-0.15, -0.1) is 0 Å². The molecule has 2 saturated heterocycles. The molecule has 0 radical (unpaired) electrons. The smallest absolute Gasteiger partial charge is 0.133 e. The van der Waals surface area contributed by atoms with Crippen molar-refractivity contribution >= 4 is 0 Å². The Bertz CT molecular complexity index is 319. The minimum absolute atomic E-state index is 0.0613. The van der Waals surface area contributed by atoms with Gasteiger partial charge in [-0.1, -0.05) is 20.8 Å². The highest BCUT2D eigenvalue weighted by Crippen LogP contribution is 2.35. The van der Waals surface area contributed by atoms with Gasteiger partial charge in [-0.3, -0.25) is 9.80 Å². The number of morpholine rings is 1. The SMILES string of the molecule is CC(C)N1CC2(CN(CC(C)(C)C)C2)O[C@H](C)C1O. The van der Waals surface area contributed by atoms with Crippen LogP contribution in [-0.2, 0) is 4.74 Å². The predicted octanol–water partition coefficient (Wildman–Crippen LogP) is 1.53. The summed E-state index contributed by atoms with van der Waals surface area (Å²) in [7, 11) is 0. The summed E-state index contributed by atoms with van der Waals surface area (Å²) in [6.45, 7) is 17.0. The summed E-state index contributed by atoms with van der Waals surface area (Å²) in [4.78, 5) is 4.63. The van der Waals surface area contributed by atoms with Crippen molar-refractivity contribution in [3.05, 3.63) is 0 Å². The number of likely N-dealkylation sites (tertiary alicyclic amines) is 1. The van der Waals surface area contributed by atoms with E-state index >= 15 is 0 Å². The van der Waals surface area contributed by atoms with Crippen LogP contribution in [-0.4, -0.2) is 65.1 Å². The summed E-state index contributed by atoms with van der Waals surface area (Å²) >= 11 is 0. The van der Waals surface area contributed by atoms with E-state index in [1.54, 1.807) is 0 Å². The molecule has 1 N–H and O–H groups in total. The van der Waals surface area contributed by atoms with Gasteiger partial charge < -0.3 is 9.84 Å². The third-order valence-corrected chi connectivity index (χ3v) is 4.05. The molecule has 2 fully saturated rings. The van der Waals surface area contributed by atoms with Crippen molar-refractivity contribution in [1.82, 2.24) is 9.80 Å². The molecule has 1 spiro atoms. The Kier molecular flexibility index (Phi) is 4.00. The largest absolute Gasteiger partial charge is 0.376 e. The number of aliphatic hydroxyl groups is 1. The number of aliphatic hydroxyl groups excluding tert-OH is 1. The Balaban J connectivity index is 1.96. The maximum atomic E-state index is 10.2. The number of rotatable bonds is 2. The van der Waals surface area contributed by atoms with Crippen molar-refractivity contribution in [2.24, 2.45) is 5.41 Å². The summed E-state index contributed by atoms with van der Waals surface area (Å²) in [5.41, 5.74) is 0.271. The van der Waals surface area contributed by atoms with Crippen LogP contribution in [0.3, 0.4) is 0 Å². The summed E-state index contributed by atoms with van der Waals surface area (Å²) in [5.74, 6) is 0. The van der Waals surface area contributed by atoms with Gasteiger partial charge >= 0.3 is 0 Å². The van der Waals surface area contributed by atoms with E-state index in [0.29, 0.717) is 11.5 Å². The van der Waals surface area contributed by atoms with E-state index in [0.717, 1.165) is 26.2 Å². The zero-order chi connectivity index (χ0) is 14.4. The molecule has 19 heavy (non-hydrogen) atoms. The Morgan fingerprint density at radius 2 is 1.84 bits per heavy atom. The van der Waals surface area contributed by atoms with Crippen LogP contribution < -0.4 is 0 Å². The molecule has 0 aromatic carbocycles. The standard InChI is InChI=1S/C15H30N2O2/c1-11(2)17-10-15(19-12(3)13(17)18)8-16(9-15)7-14(4,5)6/h11-13,18H,7-10H2,1-6H3/t12-,13?/m1/s1. The van der Waals surface area contributed by atoms with E-state index in [2.05, 4.69) is 44.4 Å². The fourth-order valence-corrected chi connectivity index (χ4v) is 3.40. The quantitative estimate of drug-likeness (QED) is 0.825. The van der Waals surface area contributed by atoms with Gasteiger partial charge in [0.1, 0.15) is 11.8 Å². The molecular weight excluding hydrogens is 240 g/mol. The van der Waals surface area contributed by atoms with Gasteiger partial charge in [-0.05, 0) is 26.2 Å². The average molecular weight is 270 g/mol. The number of ether oxygens (including phenoxy) is 1. The molecule has 112 valence electrons. The number of nitrogens with zero attached hydrogens (tertiary/aromatic N) is 2. The lowest BCUT2D eigenvalue weighted by atomic mass is 9.86. The van der Waals surface area contributed by atoms with Crippen LogP contribution in [0.25, 0.3) is 0 Å². The Labute approximate surface area is 117 Å². The van der Waals surface area contributed by atoms with Gasteiger partial charge in [0.05, 0.1) is 6.10 Å². The van der Waals surface area contributed by atoms with Crippen molar-refractivity contribution in [3.8, 4) is 0 Å². The summed E-state index contributed by atoms with van der Waals surface area (Å²) in [6, 6.07) is 0.356. The minimum atomic E-state index is -0.470. The lowest BCUT2D eigenvalue weighted by molar-refractivity contribution is -0.271. The predicted molar refractivity (Wildman–Crippen MR) is 77.0 cm³/mol. The van der Waals surface area contributed by atoms with E-state index in [4.69, 9.17) is 4.74 Å². The fraction of sp³-hybridized carbons (Fsp3) is 1.00. The highest BCUT2D eigenvalue weighted by Gasteiger charge is 2.52. The van der Waals surface area contributed by atoms with Crippen molar-refractivity contribution < 1.29 is 9.84 Å². The van der Waals surface area contributed by atoms with Gasteiger partial charge in [-0.25, -0.2) is 0 Å². The first-order valence-electron chi connectivity index (χ1n) is 7.46. The Morgan fingerprint density at radius 1 is 1.26 bits per heavy atom. The summed E-state index contributed by atoms with van der Waals surface area (Å²) < 4.78 is 6.11. The molecule has 2 aliphatic heterocycles. The van der Waals surface area contributed by atoms with E-state index < -0.39 is 6.23 Å². The molecule has 4 nitrogen and oxygen atoms in total. The molecular formula is C15H30N2O2. The molecule has 0 aliphatic carbocycles. The number of hydrogen-bond donors (Lipinski definition) is 1. The zero-order valence-electron chi connectivity index (χ0n) is 13.3. The molecule has 0 bridgehead atoms. The first-order valence-corrected chi connectivity index (χ1v) is 7.46. The van der Waals surface area contributed by atoms with Gasteiger partial charge in [0.2, 0.25) is 0 Å². The van der Waals surface area contributed by atoms with Crippen molar-refractivity contribution in [3.63, 3.8) is 0 Å². The second-order valence-electron chi connectivity index (χ2n) is 7.89. The Hall–Kier alpha value is -0.160. The highest BCUT2D eigenvalue weighted by molar-refractivity contribution is 5.04. The van der Waals surface area contributed by atoms with E-state index in [1.165, 1.54) is 0 Å². The molecule has 0 aromatic heterocycles. The molecule has 0 aromatic rings. The highest BCUT2D eigenvalue weighted by atomic mass is 16.5. The average Bonchev–Trinajstić information content (AvgIpc) is 2.18. The van der Waals surface area contributed by atoms with Gasteiger partial charge in [0.25, 0.3) is 0 Å².